The van der Waals surface area contributed by atoms with E-state index in [-0.39, 0.29) is 34.1 Å². The van der Waals surface area contributed by atoms with Crippen LogP contribution in [0.25, 0.3) is 0 Å². The van der Waals surface area contributed by atoms with Crippen LogP contribution in [0, 0.1) is 10.1 Å². The van der Waals surface area contributed by atoms with Crippen LogP contribution in [0.15, 0.2) is 36.5 Å². The van der Waals surface area contributed by atoms with Gasteiger partial charge in [0.1, 0.15) is 11.5 Å². The lowest BCUT2D eigenvalue weighted by atomic mass is 10.1. The predicted octanol–water partition coefficient (Wildman–Crippen LogP) is 2.75. The molecule has 1 aromatic carbocycles. The molecule has 0 amide bonds. The zero-order chi connectivity index (χ0) is 15.4. The van der Waals surface area contributed by atoms with Crippen molar-refractivity contribution in [2.24, 2.45) is 0 Å². The molecule has 0 fully saturated rings. The number of hydrogen-bond acceptors (Lipinski definition) is 6. The van der Waals surface area contributed by atoms with E-state index < -0.39 is 4.92 Å². The van der Waals surface area contributed by atoms with Crippen LogP contribution in [0.1, 0.15) is 27.6 Å². The van der Waals surface area contributed by atoms with Crippen molar-refractivity contribution in [3.8, 4) is 0 Å². The average Bonchev–Trinajstić information content (AvgIpc) is 2.47. The van der Waals surface area contributed by atoms with Gasteiger partial charge < -0.3 is 5.32 Å². The second-order valence-corrected chi connectivity index (χ2v) is 4.23. The van der Waals surface area contributed by atoms with Crippen molar-refractivity contribution in [2.75, 3.05) is 5.32 Å². The molecule has 1 N–H and O–H groups in total. The lowest BCUT2D eigenvalue weighted by Gasteiger charge is -2.08. The number of rotatable bonds is 5. The minimum absolute atomic E-state index is 0.159. The van der Waals surface area contributed by atoms with Gasteiger partial charge in [0.15, 0.2) is 12.1 Å². The molecular weight excluding hydrogens is 274 g/mol. The maximum Gasteiger partial charge on any atom is 0.293 e. The van der Waals surface area contributed by atoms with E-state index in [0.29, 0.717) is 6.29 Å². The molecule has 7 nitrogen and oxygen atoms in total. The van der Waals surface area contributed by atoms with Gasteiger partial charge in [-0.2, -0.15) is 0 Å². The summed E-state index contributed by atoms with van der Waals surface area (Å²) < 4.78 is 0. The SMILES string of the molecule is CC(=O)c1ccc(Nc2ncccc2C=O)c([N+](=O)[O-])c1. The number of benzene rings is 1. The summed E-state index contributed by atoms with van der Waals surface area (Å²) in [6, 6.07) is 7.20. The lowest BCUT2D eigenvalue weighted by molar-refractivity contribution is -0.383. The summed E-state index contributed by atoms with van der Waals surface area (Å²) in [5.41, 5.74) is 0.420. The van der Waals surface area contributed by atoms with Crippen LogP contribution in [0.5, 0.6) is 0 Å². The van der Waals surface area contributed by atoms with E-state index in [4.69, 9.17) is 0 Å². The topological polar surface area (TPSA) is 102 Å². The van der Waals surface area contributed by atoms with Crippen molar-refractivity contribution >= 4 is 29.3 Å². The Kier molecular flexibility index (Phi) is 4.03. The Balaban J connectivity index is 2.46. The minimum Gasteiger partial charge on any atom is -0.334 e. The smallest absolute Gasteiger partial charge is 0.293 e. The fraction of sp³-hybridized carbons (Fsp3) is 0.0714. The fourth-order valence-corrected chi connectivity index (χ4v) is 1.75. The Morgan fingerprint density at radius 1 is 1.38 bits per heavy atom. The van der Waals surface area contributed by atoms with E-state index in [0.717, 1.165) is 0 Å². The van der Waals surface area contributed by atoms with Gasteiger partial charge in [0, 0.05) is 17.8 Å². The minimum atomic E-state index is -0.599. The molecule has 7 heteroatoms. The molecule has 0 aliphatic heterocycles. The first-order chi connectivity index (χ1) is 10.0. The van der Waals surface area contributed by atoms with Crippen LogP contribution >= 0.6 is 0 Å². The van der Waals surface area contributed by atoms with Crippen molar-refractivity contribution in [1.82, 2.24) is 4.98 Å². The number of nitrogens with one attached hydrogen (secondary N) is 1. The highest BCUT2D eigenvalue weighted by molar-refractivity contribution is 5.96. The summed E-state index contributed by atoms with van der Waals surface area (Å²) in [6.07, 6.45) is 2.07. The van der Waals surface area contributed by atoms with Crippen molar-refractivity contribution in [3.63, 3.8) is 0 Å². The summed E-state index contributed by atoms with van der Waals surface area (Å²) >= 11 is 0. The molecule has 2 rings (SSSR count). The summed E-state index contributed by atoms with van der Waals surface area (Å²) in [4.78, 5) is 36.7. The second-order valence-electron chi connectivity index (χ2n) is 4.23. The summed E-state index contributed by atoms with van der Waals surface area (Å²) in [5, 5.41) is 13.8. The molecule has 1 heterocycles. The number of nitro groups is 1. The molecule has 21 heavy (non-hydrogen) atoms. The van der Waals surface area contributed by atoms with Gasteiger partial charge in [0.25, 0.3) is 5.69 Å². The number of carbonyl (C=O) groups excluding carboxylic acids is 2. The third-order valence-corrected chi connectivity index (χ3v) is 2.82. The van der Waals surface area contributed by atoms with Crippen LogP contribution in [0.4, 0.5) is 17.2 Å². The van der Waals surface area contributed by atoms with Crippen LogP contribution in [-0.4, -0.2) is 22.0 Å². The predicted molar refractivity (Wildman–Crippen MR) is 76.0 cm³/mol. The van der Waals surface area contributed by atoms with Gasteiger partial charge in [-0.1, -0.05) is 0 Å². The molecule has 0 saturated heterocycles. The molecule has 0 atom stereocenters. The number of Topliss-reactive ketones (excluding diaryl/α,β-unsaturated/α-hetero) is 1. The Morgan fingerprint density at radius 3 is 2.76 bits per heavy atom. The van der Waals surface area contributed by atoms with Crippen LogP contribution in [0.2, 0.25) is 0 Å². The summed E-state index contributed by atoms with van der Waals surface area (Å²) in [5.74, 6) is -0.0535. The van der Waals surface area contributed by atoms with Crippen molar-refractivity contribution in [1.29, 1.82) is 0 Å². The second kappa shape index (κ2) is 5.91. The molecule has 0 aliphatic rings. The Hall–Kier alpha value is -3.09. The number of nitro benzene ring substituents is 1. The number of hydrogen-bond donors (Lipinski definition) is 1. The quantitative estimate of drug-likeness (QED) is 0.392. The molecule has 0 saturated carbocycles. The van der Waals surface area contributed by atoms with Crippen LogP contribution < -0.4 is 5.32 Å². The first kappa shape index (κ1) is 14.3. The van der Waals surface area contributed by atoms with Crippen molar-refractivity contribution < 1.29 is 14.5 Å². The molecule has 2 aromatic rings. The van der Waals surface area contributed by atoms with E-state index in [9.17, 15) is 19.7 Å². The van der Waals surface area contributed by atoms with Gasteiger partial charge in [-0.05, 0) is 31.2 Å². The molecule has 0 aliphatic carbocycles. The van der Waals surface area contributed by atoms with E-state index in [1.54, 1.807) is 6.07 Å². The highest BCUT2D eigenvalue weighted by Gasteiger charge is 2.17. The van der Waals surface area contributed by atoms with E-state index in [1.807, 2.05) is 0 Å². The first-order valence-corrected chi connectivity index (χ1v) is 5.99. The van der Waals surface area contributed by atoms with Gasteiger partial charge in [0.2, 0.25) is 0 Å². The summed E-state index contributed by atoms with van der Waals surface area (Å²) in [7, 11) is 0. The third kappa shape index (κ3) is 3.08. The zero-order valence-corrected chi connectivity index (χ0v) is 11.1. The van der Waals surface area contributed by atoms with Crippen molar-refractivity contribution in [3.05, 3.63) is 57.8 Å². The number of aldehydes is 1. The normalized spacial score (nSPS) is 9.95. The maximum atomic E-state index is 11.3. The first-order valence-electron chi connectivity index (χ1n) is 5.99. The van der Waals surface area contributed by atoms with Gasteiger partial charge in [0.05, 0.1) is 10.5 Å². The van der Waals surface area contributed by atoms with Gasteiger partial charge in [-0.3, -0.25) is 19.7 Å². The maximum absolute atomic E-state index is 11.3. The van der Waals surface area contributed by atoms with Gasteiger partial charge >= 0.3 is 0 Å². The average molecular weight is 285 g/mol. The Morgan fingerprint density at radius 2 is 2.14 bits per heavy atom. The molecule has 1 aromatic heterocycles. The number of ketones is 1. The lowest BCUT2D eigenvalue weighted by Crippen LogP contribution is -2.03. The number of pyridine rings is 1. The molecule has 106 valence electrons. The largest absolute Gasteiger partial charge is 0.334 e. The fourth-order valence-electron chi connectivity index (χ4n) is 1.75. The van der Waals surface area contributed by atoms with Crippen molar-refractivity contribution in [2.45, 2.75) is 6.92 Å². The number of aromatic nitrogens is 1. The van der Waals surface area contributed by atoms with Crippen LogP contribution in [-0.2, 0) is 0 Å². The number of nitrogens with zero attached hydrogens (tertiary/aromatic N) is 2. The standard InChI is InChI=1S/C14H11N3O4/c1-9(19)10-4-5-12(13(7-10)17(20)21)16-14-11(8-18)3-2-6-15-14/h2-8H,1H3,(H,15,16). The highest BCUT2D eigenvalue weighted by atomic mass is 16.6. The molecule has 0 unspecified atom stereocenters. The Labute approximate surface area is 119 Å². The zero-order valence-electron chi connectivity index (χ0n) is 11.1. The number of carbonyl (C=O) groups is 2. The molecule has 0 spiro atoms. The van der Waals surface area contributed by atoms with Gasteiger partial charge in [-0.15, -0.1) is 0 Å². The highest BCUT2D eigenvalue weighted by Crippen LogP contribution is 2.29. The molecular formula is C14H11N3O4. The molecule has 0 bridgehead atoms. The summed E-state index contributed by atoms with van der Waals surface area (Å²) in [6.45, 7) is 1.33. The number of anilines is 2. The van der Waals surface area contributed by atoms with Gasteiger partial charge in [-0.25, -0.2) is 4.98 Å². The Bertz CT molecular complexity index is 728. The van der Waals surface area contributed by atoms with E-state index in [1.165, 1.54) is 37.4 Å². The van der Waals surface area contributed by atoms with E-state index >= 15 is 0 Å². The monoisotopic (exact) mass is 285 g/mol. The van der Waals surface area contributed by atoms with E-state index in [2.05, 4.69) is 10.3 Å². The third-order valence-electron chi connectivity index (χ3n) is 2.82. The molecule has 0 radical (unpaired) electrons. The van der Waals surface area contributed by atoms with Crippen LogP contribution in [0.3, 0.4) is 0 Å².